The number of nitrogens with two attached hydrogens (primary N) is 1. The van der Waals surface area contributed by atoms with Gasteiger partial charge < -0.3 is 10.8 Å². The Morgan fingerprint density at radius 1 is 1.50 bits per heavy atom. The molecule has 0 aromatic heterocycles. The summed E-state index contributed by atoms with van der Waals surface area (Å²) >= 11 is 0. The molecule has 0 amide bonds. The highest BCUT2D eigenvalue weighted by Gasteiger charge is 2.32. The van der Waals surface area contributed by atoms with Crippen LogP contribution in [0, 0.1) is 5.92 Å². The lowest BCUT2D eigenvalue weighted by Crippen LogP contribution is -2.29. The topological polar surface area (TPSA) is 83.6 Å². The van der Waals surface area contributed by atoms with Crippen LogP contribution in [-0.2, 0) is 10.0 Å². The number of benzene rings is 1. The van der Waals surface area contributed by atoms with Gasteiger partial charge in [0.05, 0.1) is 4.90 Å². The molecule has 5 nitrogen and oxygen atoms in total. The van der Waals surface area contributed by atoms with Gasteiger partial charge in [-0.05, 0) is 36.5 Å². The maximum Gasteiger partial charge on any atom is 0.243 e. The number of hydrogen-bond donors (Lipinski definition) is 2. The Labute approximate surface area is 120 Å². The number of aliphatic hydroxyl groups excluding tert-OH is 1. The fourth-order valence-electron chi connectivity index (χ4n) is 2.45. The van der Waals surface area contributed by atoms with Crippen molar-refractivity contribution >= 4 is 10.0 Å². The third-order valence-corrected chi connectivity index (χ3v) is 5.73. The van der Waals surface area contributed by atoms with Crippen molar-refractivity contribution in [2.24, 2.45) is 11.7 Å². The Kier molecular flexibility index (Phi) is 4.80. The first-order chi connectivity index (χ1) is 9.48. The maximum absolute atomic E-state index is 12.6. The van der Waals surface area contributed by atoms with Crippen molar-refractivity contribution in [1.29, 1.82) is 0 Å². The zero-order valence-electron chi connectivity index (χ0n) is 11.7. The summed E-state index contributed by atoms with van der Waals surface area (Å²) in [5.74, 6) is 0.0471. The van der Waals surface area contributed by atoms with E-state index in [1.807, 2.05) is 13.0 Å². The Morgan fingerprint density at radius 2 is 2.25 bits per heavy atom. The molecule has 112 valence electrons. The highest BCUT2D eigenvalue weighted by molar-refractivity contribution is 7.89. The molecule has 0 aliphatic carbocycles. The molecule has 20 heavy (non-hydrogen) atoms. The highest BCUT2D eigenvalue weighted by atomic mass is 32.2. The van der Waals surface area contributed by atoms with Crippen LogP contribution in [0.5, 0.6) is 0 Å². The second-order valence-corrected chi connectivity index (χ2v) is 7.23. The summed E-state index contributed by atoms with van der Waals surface area (Å²) in [6.45, 7) is 2.87. The summed E-state index contributed by atoms with van der Waals surface area (Å²) in [5.41, 5.74) is 6.80. The molecular weight excluding hydrogens is 276 g/mol. The molecule has 2 unspecified atom stereocenters. The zero-order valence-corrected chi connectivity index (χ0v) is 12.5. The van der Waals surface area contributed by atoms with Gasteiger partial charge in [-0.2, -0.15) is 4.31 Å². The molecule has 1 aliphatic heterocycles. The molecule has 0 spiro atoms. The first-order valence-electron chi connectivity index (χ1n) is 6.95. The minimum Gasteiger partial charge on any atom is -0.396 e. The van der Waals surface area contributed by atoms with Crippen molar-refractivity contribution < 1.29 is 13.5 Å². The smallest absolute Gasteiger partial charge is 0.243 e. The van der Waals surface area contributed by atoms with Crippen molar-refractivity contribution in [2.75, 3.05) is 19.7 Å². The lowest BCUT2D eigenvalue weighted by atomic mass is 10.1. The normalized spacial score (nSPS) is 22.1. The molecule has 1 heterocycles. The van der Waals surface area contributed by atoms with E-state index in [4.69, 9.17) is 10.8 Å². The summed E-state index contributed by atoms with van der Waals surface area (Å²) in [5, 5.41) is 9.13. The van der Waals surface area contributed by atoms with Gasteiger partial charge >= 0.3 is 0 Å². The summed E-state index contributed by atoms with van der Waals surface area (Å²) in [4.78, 5) is 0.289. The van der Waals surface area contributed by atoms with Crippen LogP contribution in [0.2, 0.25) is 0 Å². The lowest BCUT2D eigenvalue weighted by molar-refractivity contribution is 0.233. The maximum atomic E-state index is 12.6. The second kappa shape index (κ2) is 6.22. The van der Waals surface area contributed by atoms with E-state index in [9.17, 15) is 8.42 Å². The van der Waals surface area contributed by atoms with Gasteiger partial charge in [0.25, 0.3) is 0 Å². The summed E-state index contributed by atoms with van der Waals surface area (Å²) in [6, 6.07) is 6.71. The van der Waals surface area contributed by atoms with Crippen LogP contribution >= 0.6 is 0 Å². The van der Waals surface area contributed by atoms with E-state index in [0.717, 1.165) is 12.0 Å². The Bertz CT molecular complexity index is 559. The molecule has 1 aromatic carbocycles. The molecule has 2 atom stereocenters. The number of nitrogens with zero attached hydrogens (tertiary/aromatic N) is 1. The van der Waals surface area contributed by atoms with Crippen molar-refractivity contribution in [3.05, 3.63) is 29.8 Å². The summed E-state index contributed by atoms with van der Waals surface area (Å²) in [6.07, 6.45) is 1.48. The fourth-order valence-corrected chi connectivity index (χ4v) is 4.04. The molecule has 1 aliphatic rings. The van der Waals surface area contributed by atoms with Crippen LogP contribution in [0.4, 0.5) is 0 Å². The van der Waals surface area contributed by atoms with E-state index in [2.05, 4.69) is 0 Å². The number of sulfonamides is 1. The van der Waals surface area contributed by atoms with Crippen LogP contribution in [0.3, 0.4) is 0 Å². The van der Waals surface area contributed by atoms with E-state index in [1.165, 1.54) is 4.31 Å². The number of aliphatic hydroxyl groups is 1. The van der Waals surface area contributed by atoms with Crippen LogP contribution in [0.1, 0.15) is 31.4 Å². The van der Waals surface area contributed by atoms with Crippen LogP contribution in [0.25, 0.3) is 0 Å². The van der Waals surface area contributed by atoms with E-state index in [1.54, 1.807) is 18.2 Å². The highest BCUT2D eigenvalue weighted by Crippen LogP contribution is 2.26. The van der Waals surface area contributed by atoms with Gasteiger partial charge in [0, 0.05) is 25.7 Å². The molecule has 2 rings (SSSR count). The molecule has 3 N–H and O–H groups in total. The molecular formula is C14H22N2O3S. The Morgan fingerprint density at radius 3 is 2.85 bits per heavy atom. The van der Waals surface area contributed by atoms with E-state index in [0.29, 0.717) is 19.5 Å². The molecule has 0 bridgehead atoms. The van der Waals surface area contributed by atoms with Crippen LogP contribution in [0.15, 0.2) is 29.2 Å². The van der Waals surface area contributed by atoms with Gasteiger partial charge in [-0.15, -0.1) is 0 Å². The summed E-state index contributed by atoms with van der Waals surface area (Å²) < 4.78 is 26.6. The number of hydrogen-bond acceptors (Lipinski definition) is 4. The van der Waals surface area contributed by atoms with Crippen molar-refractivity contribution in [1.82, 2.24) is 4.31 Å². The predicted molar refractivity (Wildman–Crippen MR) is 77.6 cm³/mol. The second-order valence-electron chi connectivity index (χ2n) is 5.29. The molecule has 1 fully saturated rings. The van der Waals surface area contributed by atoms with Crippen LogP contribution < -0.4 is 5.73 Å². The monoisotopic (exact) mass is 298 g/mol. The van der Waals surface area contributed by atoms with Crippen molar-refractivity contribution in [3.63, 3.8) is 0 Å². The average molecular weight is 298 g/mol. The van der Waals surface area contributed by atoms with Gasteiger partial charge in [0.15, 0.2) is 0 Å². The van der Waals surface area contributed by atoms with Gasteiger partial charge in [-0.25, -0.2) is 8.42 Å². The Balaban J connectivity index is 2.26. The molecule has 0 saturated carbocycles. The minimum atomic E-state index is -3.48. The Hall–Kier alpha value is -0.950. The first kappa shape index (κ1) is 15.4. The predicted octanol–water partition coefficient (Wildman–Crippen LogP) is 1.10. The fraction of sp³-hybridized carbons (Fsp3) is 0.571. The average Bonchev–Trinajstić information content (AvgIpc) is 2.96. The van der Waals surface area contributed by atoms with E-state index >= 15 is 0 Å². The van der Waals surface area contributed by atoms with Gasteiger partial charge in [-0.3, -0.25) is 0 Å². The first-order valence-corrected chi connectivity index (χ1v) is 8.39. The van der Waals surface area contributed by atoms with Gasteiger partial charge in [0.2, 0.25) is 10.0 Å². The van der Waals surface area contributed by atoms with Gasteiger partial charge in [0.1, 0.15) is 0 Å². The molecule has 1 saturated heterocycles. The third-order valence-electron chi connectivity index (χ3n) is 3.87. The standard InChI is InChI=1S/C14H22N2O3S/c1-2-14(15)12-4-3-5-13(8-12)20(18,19)16-7-6-11(9-16)10-17/h3-5,8,11,14,17H,2,6-7,9-10,15H2,1H3. The SMILES string of the molecule is CCC(N)c1cccc(S(=O)(=O)N2CCC(CO)C2)c1. The summed E-state index contributed by atoms with van der Waals surface area (Å²) in [7, 11) is -3.48. The van der Waals surface area contributed by atoms with Gasteiger partial charge in [-0.1, -0.05) is 19.1 Å². The van der Waals surface area contributed by atoms with E-state index < -0.39 is 10.0 Å². The molecule has 0 radical (unpaired) electrons. The molecule has 1 aromatic rings. The lowest BCUT2D eigenvalue weighted by Gasteiger charge is -2.18. The van der Waals surface area contributed by atoms with Crippen LogP contribution in [-0.4, -0.2) is 37.5 Å². The third kappa shape index (κ3) is 3.03. The molecule has 6 heteroatoms. The zero-order chi connectivity index (χ0) is 14.8. The van der Waals surface area contributed by atoms with Crippen molar-refractivity contribution in [3.8, 4) is 0 Å². The quantitative estimate of drug-likeness (QED) is 0.852. The largest absolute Gasteiger partial charge is 0.396 e. The van der Waals surface area contributed by atoms with E-state index in [-0.39, 0.29) is 23.5 Å². The minimum absolute atomic E-state index is 0.0345. The van der Waals surface area contributed by atoms with Crippen molar-refractivity contribution in [2.45, 2.75) is 30.7 Å². The number of rotatable bonds is 5.